The third-order valence-electron chi connectivity index (χ3n) is 1.74. The first-order chi connectivity index (χ1) is 6.61. The van der Waals surface area contributed by atoms with Crippen molar-refractivity contribution in [2.24, 2.45) is 0 Å². The summed E-state index contributed by atoms with van der Waals surface area (Å²) in [5.41, 5.74) is 1.80. The lowest BCUT2D eigenvalue weighted by atomic mass is 10.3. The second-order valence-electron chi connectivity index (χ2n) is 2.99. The number of carbonyl (C=O) groups excluding carboxylic acids is 1. The maximum Gasteiger partial charge on any atom is 0.168 e. The monoisotopic (exact) mass is 253 g/mol. The zero-order valence-electron chi connectivity index (χ0n) is 8.17. The minimum Gasteiger partial charge on any atom is -0.358 e. The molecule has 0 fully saturated rings. The summed E-state index contributed by atoms with van der Waals surface area (Å²) in [4.78, 5) is 11.0. The molecule has 1 rings (SSSR count). The molecule has 3 heteroatoms. The van der Waals surface area contributed by atoms with E-state index in [1.165, 1.54) is 6.92 Å². The molecule has 74 valence electrons. The van der Waals surface area contributed by atoms with Crippen LogP contribution in [-0.2, 0) is 4.79 Å². The number of hydrogen-bond donors (Lipinski definition) is 1. The molecule has 0 atom stereocenters. The number of halogens is 1. The van der Waals surface area contributed by atoms with Crippen LogP contribution in [0.25, 0.3) is 0 Å². The SMILES string of the molecule is CC(=O)/C(Br)=C(\C)Nc1ccccc1. The van der Waals surface area contributed by atoms with Crippen molar-refractivity contribution in [3.05, 3.63) is 40.5 Å². The van der Waals surface area contributed by atoms with Gasteiger partial charge >= 0.3 is 0 Å². The van der Waals surface area contributed by atoms with E-state index >= 15 is 0 Å². The van der Waals surface area contributed by atoms with Crippen molar-refractivity contribution in [1.82, 2.24) is 0 Å². The van der Waals surface area contributed by atoms with E-state index in [1.54, 1.807) is 0 Å². The van der Waals surface area contributed by atoms with Gasteiger partial charge in [0, 0.05) is 11.4 Å². The zero-order valence-corrected chi connectivity index (χ0v) is 9.76. The van der Waals surface area contributed by atoms with Crippen LogP contribution in [0.4, 0.5) is 5.69 Å². The number of rotatable bonds is 3. The molecule has 0 saturated heterocycles. The largest absolute Gasteiger partial charge is 0.358 e. The number of para-hydroxylation sites is 1. The molecule has 14 heavy (non-hydrogen) atoms. The summed E-state index contributed by atoms with van der Waals surface area (Å²) < 4.78 is 0.585. The minimum absolute atomic E-state index is 0.0194. The Bertz CT molecular complexity index is 357. The summed E-state index contributed by atoms with van der Waals surface area (Å²) in [7, 11) is 0. The first kappa shape index (κ1) is 11.0. The van der Waals surface area contributed by atoms with Crippen LogP contribution in [0.2, 0.25) is 0 Å². The van der Waals surface area contributed by atoms with E-state index in [2.05, 4.69) is 21.2 Å². The number of anilines is 1. The average Bonchev–Trinajstić information content (AvgIpc) is 2.18. The summed E-state index contributed by atoms with van der Waals surface area (Å²) in [5, 5.41) is 3.13. The number of carbonyl (C=O) groups is 1. The maximum atomic E-state index is 11.0. The van der Waals surface area contributed by atoms with Gasteiger partial charge in [0.1, 0.15) is 0 Å². The van der Waals surface area contributed by atoms with Crippen LogP contribution in [0.3, 0.4) is 0 Å². The minimum atomic E-state index is 0.0194. The van der Waals surface area contributed by atoms with Crippen molar-refractivity contribution >= 4 is 27.4 Å². The molecule has 0 amide bonds. The molecule has 0 saturated carbocycles. The van der Waals surface area contributed by atoms with Crippen molar-refractivity contribution in [3.63, 3.8) is 0 Å². The van der Waals surface area contributed by atoms with E-state index in [0.29, 0.717) is 4.48 Å². The van der Waals surface area contributed by atoms with Gasteiger partial charge in [0.15, 0.2) is 5.78 Å². The first-order valence-electron chi connectivity index (χ1n) is 4.30. The molecule has 2 nitrogen and oxygen atoms in total. The Morgan fingerprint density at radius 3 is 2.29 bits per heavy atom. The van der Waals surface area contributed by atoms with Gasteiger partial charge in [0.2, 0.25) is 0 Å². The topological polar surface area (TPSA) is 29.1 Å². The lowest BCUT2D eigenvalue weighted by Crippen LogP contribution is -2.01. The predicted octanol–water partition coefficient (Wildman–Crippen LogP) is 3.31. The van der Waals surface area contributed by atoms with Gasteiger partial charge in [0.25, 0.3) is 0 Å². The molecule has 0 radical (unpaired) electrons. The van der Waals surface area contributed by atoms with Crippen LogP contribution in [-0.4, -0.2) is 5.78 Å². The van der Waals surface area contributed by atoms with Crippen molar-refractivity contribution in [2.45, 2.75) is 13.8 Å². The molecule has 0 aliphatic rings. The molecule has 0 unspecified atom stereocenters. The van der Waals surface area contributed by atoms with Crippen molar-refractivity contribution in [3.8, 4) is 0 Å². The highest BCUT2D eigenvalue weighted by Crippen LogP contribution is 2.16. The molecular formula is C11H12BrNO. The van der Waals surface area contributed by atoms with E-state index < -0.39 is 0 Å². The Morgan fingerprint density at radius 2 is 1.79 bits per heavy atom. The number of hydrogen-bond acceptors (Lipinski definition) is 2. The second kappa shape index (κ2) is 4.96. The lowest BCUT2D eigenvalue weighted by Gasteiger charge is -2.07. The number of nitrogens with one attached hydrogen (secondary N) is 1. The van der Waals surface area contributed by atoms with E-state index in [-0.39, 0.29) is 5.78 Å². The third kappa shape index (κ3) is 3.00. The highest BCUT2D eigenvalue weighted by molar-refractivity contribution is 9.12. The Hall–Kier alpha value is -1.09. The molecule has 1 aromatic rings. The van der Waals surface area contributed by atoms with E-state index in [0.717, 1.165) is 11.4 Å². The second-order valence-corrected chi connectivity index (χ2v) is 3.78. The summed E-state index contributed by atoms with van der Waals surface area (Å²) in [6, 6.07) is 9.73. The zero-order chi connectivity index (χ0) is 10.6. The molecule has 0 aliphatic carbocycles. The maximum absolute atomic E-state index is 11.0. The molecule has 0 spiro atoms. The van der Waals surface area contributed by atoms with Crippen LogP contribution >= 0.6 is 15.9 Å². The van der Waals surface area contributed by atoms with Crippen LogP contribution in [0.5, 0.6) is 0 Å². The number of allylic oxidation sites excluding steroid dienone is 2. The Kier molecular flexibility index (Phi) is 3.89. The molecule has 0 bridgehead atoms. The van der Waals surface area contributed by atoms with Gasteiger partial charge in [-0.15, -0.1) is 0 Å². The van der Waals surface area contributed by atoms with Crippen molar-refractivity contribution < 1.29 is 4.79 Å². The van der Waals surface area contributed by atoms with Crippen LogP contribution < -0.4 is 5.32 Å². The van der Waals surface area contributed by atoms with Crippen LogP contribution in [0.1, 0.15) is 13.8 Å². The Balaban J connectivity index is 2.80. The molecule has 1 N–H and O–H groups in total. The fourth-order valence-electron chi connectivity index (χ4n) is 1.06. The highest BCUT2D eigenvalue weighted by atomic mass is 79.9. The summed E-state index contributed by atoms with van der Waals surface area (Å²) in [6.07, 6.45) is 0. The Morgan fingerprint density at radius 1 is 1.21 bits per heavy atom. The normalized spacial score (nSPS) is 11.9. The highest BCUT2D eigenvalue weighted by Gasteiger charge is 2.03. The standard InChI is InChI=1S/C11H12BrNO/c1-8(11(12)9(2)14)13-10-6-4-3-5-7-10/h3-7,13H,1-2H3/b11-8-. The first-order valence-corrected chi connectivity index (χ1v) is 5.10. The molecular weight excluding hydrogens is 242 g/mol. The number of Topliss-reactive ketones (excluding diaryl/α,β-unsaturated/α-hetero) is 1. The molecule has 0 aromatic heterocycles. The fraction of sp³-hybridized carbons (Fsp3) is 0.182. The van der Waals surface area contributed by atoms with Crippen LogP contribution in [0.15, 0.2) is 40.5 Å². The lowest BCUT2D eigenvalue weighted by molar-refractivity contribution is -0.112. The van der Waals surface area contributed by atoms with Gasteiger partial charge in [-0.25, -0.2) is 0 Å². The molecule has 0 heterocycles. The summed E-state index contributed by atoms with van der Waals surface area (Å²) in [5.74, 6) is 0.0194. The van der Waals surface area contributed by atoms with E-state index in [1.807, 2.05) is 37.3 Å². The van der Waals surface area contributed by atoms with E-state index in [9.17, 15) is 4.79 Å². The predicted molar refractivity (Wildman–Crippen MR) is 62.4 cm³/mol. The number of benzene rings is 1. The number of ketones is 1. The summed E-state index contributed by atoms with van der Waals surface area (Å²) >= 11 is 3.23. The smallest absolute Gasteiger partial charge is 0.168 e. The Labute approximate surface area is 92.1 Å². The van der Waals surface area contributed by atoms with Gasteiger partial charge < -0.3 is 5.32 Å². The van der Waals surface area contributed by atoms with Gasteiger partial charge in [-0.1, -0.05) is 18.2 Å². The van der Waals surface area contributed by atoms with Gasteiger partial charge in [-0.3, -0.25) is 4.79 Å². The van der Waals surface area contributed by atoms with Crippen molar-refractivity contribution in [1.29, 1.82) is 0 Å². The van der Waals surface area contributed by atoms with Gasteiger partial charge in [0.05, 0.1) is 4.48 Å². The van der Waals surface area contributed by atoms with Gasteiger partial charge in [-0.05, 0) is 41.9 Å². The average molecular weight is 254 g/mol. The van der Waals surface area contributed by atoms with E-state index in [4.69, 9.17) is 0 Å². The quantitative estimate of drug-likeness (QED) is 0.838. The molecule has 0 aliphatic heterocycles. The van der Waals surface area contributed by atoms with Crippen LogP contribution in [0, 0.1) is 0 Å². The van der Waals surface area contributed by atoms with Crippen molar-refractivity contribution in [2.75, 3.05) is 5.32 Å². The third-order valence-corrected chi connectivity index (χ3v) is 2.90. The molecule has 1 aromatic carbocycles. The fourth-order valence-corrected chi connectivity index (χ4v) is 1.16. The summed E-state index contributed by atoms with van der Waals surface area (Å²) in [6.45, 7) is 3.39. The van der Waals surface area contributed by atoms with Gasteiger partial charge in [-0.2, -0.15) is 0 Å².